The normalized spacial score (nSPS) is 19.8. The van der Waals surface area contributed by atoms with Crippen LogP contribution in [0.25, 0.3) is 0 Å². The fraction of sp³-hybridized carbons (Fsp3) is 0.571. The van der Waals surface area contributed by atoms with Crippen molar-refractivity contribution in [3.8, 4) is 0 Å². The number of urea groups is 1. The van der Waals surface area contributed by atoms with Crippen molar-refractivity contribution in [3.63, 3.8) is 0 Å². The fourth-order valence-electron chi connectivity index (χ4n) is 2.46. The molecule has 2 rings (SSSR count). The summed E-state index contributed by atoms with van der Waals surface area (Å²) >= 11 is 0. The van der Waals surface area contributed by atoms with E-state index in [-0.39, 0.29) is 23.2 Å². The van der Waals surface area contributed by atoms with E-state index in [1.54, 1.807) is 0 Å². The Morgan fingerprint density at radius 3 is 2.91 bits per heavy atom. The highest BCUT2D eigenvalue weighted by Gasteiger charge is 2.34. The van der Waals surface area contributed by atoms with Gasteiger partial charge in [-0.3, -0.25) is 4.98 Å². The molecule has 6 nitrogen and oxygen atoms in total. The minimum absolute atomic E-state index is 0.0248. The maximum atomic E-state index is 13.6. The molecule has 0 aromatic carbocycles. The van der Waals surface area contributed by atoms with Gasteiger partial charge in [-0.1, -0.05) is 13.3 Å². The van der Waals surface area contributed by atoms with Crippen LogP contribution in [0.5, 0.6) is 0 Å². The third-order valence-electron chi connectivity index (χ3n) is 3.68. The second kappa shape index (κ2) is 7.04. The van der Waals surface area contributed by atoms with Crippen LogP contribution in [0.15, 0.2) is 18.5 Å². The number of halogens is 1. The number of carbonyl (C=O) groups excluding carboxylic acids is 1. The molecule has 1 saturated heterocycles. The molecule has 0 bridgehead atoms. The van der Waals surface area contributed by atoms with E-state index < -0.39 is 21.7 Å². The van der Waals surface area contributed by atoms with Crippen molar-refractivity contribution in [2.45, 2.75) is 32.2 Å². The van der Waals surface area contributed by atoms with Crippen molar-refractivity contribution in [1.82, 2.24) is 9.88 Å². The summed E-state index contributed by atoms with van der Waals surface area (Å²) < 4.78 is 36.8. The maximum Gasteiger partial charge on any atom is 0.322 e. The molecule has 2 amide bonds. The van der Waals surface area contributed by atoms with Gasteiger partial charge >= 0.3 is 6.03 Å². The zero-order chi connectivity index (χ0) is 16.2. The molecule has 0 radical (unpaired) electrons. The van der Waals surface area contributed by atoms with E-state index in [4.69, 9.17) is 0 Å². The molecule has 0 unspecified atom stereocenters. The van der Waals surface area contributed by atoms with Crippen molar-refractivity contribution >= 4 is 21.6 Å². The van der Waals surface area contributed by atoms with Gasteiger partial charge in [0.25, 0.3) is 0 Å². The van der Waals surface area contributed by atoms with Gasteiger partial charge in [0.1, 0.15) is 0 Å². The van der Waals surface area contributed by atoms with Crippen LogP contribution in [0.3, 0.4) is 0 Å². The van der Waals surface area contributed by atoms with Gasteiger partial charge in [0, 0.05) is 18.8 Å². The summed E-state index contributed by atoms with van der Waals surface area (Å²) in [7, 11) is -3.09. The lowest BCUT2D eigenvalue weighted by Gasteiger charge is -2.28. The van der Waals surface area contributed by atoms with Gasteiger partial charge in [0.2, 0.25) is 0 Å². The molecular weight excluding hydrogens is 309 g/mol. The summed E-state index contributed by atoms with van der Waals surface area (Å²) in [4.78, 5) is 17.5. The monoisotopic (exact) mass is 329 g/mol. The number of anilines is 1. The number of rotatable bonds is 5. The van der Waals surface area contributed by atoms with E-state index >= 15 is 0 Å². The van der Waals surface area contributed by atoms with Crippen molar-refractivity contribution in [2.24, 2.45) is 0 Å². The predicted molar refractivity (Wildman–Crippen MR) is 81.9 cm³/mol. The molecule has 1 fully saturated rings. The molecule has 0 spiro atoms. The second-order valence-corrected chi connectivity index (χ2v) is 7.62. The average molecular weight is 329 g/mol. The molecule has 1 aliphatic rings. The van der Waals surface area contributed by atoms with Crippen LogP contribution in [-0.4, -0.2) is 48.4 Å². The Kier molecular flexibility index (Phi) is 5.33. The predicted octanol–water partition coefficient (Wildman–Crippen LogP) is 2.04. The van der Waals surface area contributed by atoms with Crippen molar-refractivity contribution in [1.29, 1.82) is 0 Å². The van der Waals surface area contributed by atoms with Gasteiger partial charge in [0.15, 0.2) is 15.7 Å². The maximum absolute atomic E-state index is 13.6. The van der Waals surface area contributed by atoms with Crippen LogP contribution in [0.2, 0.25) is 0 Å². The Morgan fingerprint density at radius 2 is 2.32 bits per heavy atom. The molecule has 0 saturated carbocycles. The summed E-state index contributed by atoms with van der Waals surface area (Å²) in [5, 5.41) is 2.50. The average Bonchev–Trinajstić information content (AvgIpc) is 2.82. The van der Waals surface area contributed by atoms with Gasteiger partial charge in [-0.05, 0) is 18.9 Å². The Morgan fingerprint density at radius 1 is 1.55 bits per heavy atom. The molecule has 1 N–H and O–H groups in total. The lowest BCUT2D eigenvalue weighted by atomic mass is 10.2. The number of sulfone groups is 1. The van der Waals surface area contributed by atoms with E-state index in [1.807, 2.05) is 6.92 Å². The van der Waals surface area contributed by atoms with E-state index in [0.717, 1.165) is 19.0 Å². The number of nitrogens with zero attached hydrogens (tertiary/aromatic N) is 2. The summed E-state index contributed by atoms with van der Waals surface area (Å²) in [6, 6.07) is 0.554. The number of carbonyl (C=O) groups is 1. The Bertz CT molecular complexity index is 636. The highest BCUT2D eigenvalue weighted by Crippen LogP contribution is 2.20. The lowest BCUT2D eigenvalue weighted by Crippen LogP contribution is -2.44. The van der Waals surface area contributed by atoms with Gasteiger partial charge in [-0.2, -0.15) is 0 Å². The number of amides is 2. The highest BCUT2D eigenvalue weighted by molar-refractivity contribution is 7.91. The Balaban J connectivity index is 2.11. The first kappa shape index (κ1) is 16.7. The number of nitrogens with one attached hydrogen (secondary N) is 1. The molecular formula is C14H20FN3O3S. The van der Waals surface area contributed by atoms with E-state index in [2.05, 4.69) is 10.3 Å². The number of pyridine rings is 1. The van der Waals surface area contributed by atoms with Crippen LogP contribution >= 0.6 is 0 Å². The van der Waals surface area contributed by atoms with E-state index in [0.29, 0.717) is 13.0 Å². The third-order valence-corrected chi connectivity index (χ3v) is 5.43. The largest absolute Gasteiger partial charge is 0.322 e. The van der Waals surface area contributed by atoms with E-state index in [9.17, 15) is 17.6 Å². The first-order chi connectivity index (χ1) is 10.4. The molecule has 8 heteroatoms. The van der Waals surface area contributed by atoms with Crippen LogP contribution in [0.1, 0.15) is 26.2 Å². The minimum Gasteiger partial charge on any atom is -0.320 e. The third kappa shape index (κ3) is 4.16. The van der Waals surface area contributed by atoms with Crippen LogP contribution in [-0.2, 0) is 9.84 Å². The SMILES string of the molecule is CCCCN(C(=O)Nc1ccncc1F)[C@H]1CCS(=O)(=O)C1. The van der Waals surface area contributed by atoms with Crippen LogP contribution in [0.4, 0.5) is 14.9 Å². The fourth-order valence-corrected chi connectivity index (χ4v) is 4.19. The summed E-state index contributed by atoms with van der Waals surface area (Å²) in [5.41, 5.74) is 0.0438. The first-order valence-electron chi connectivity index (χ1n) is 7.30. The van der Waals surface area contributed by atoms with Crippen LogP contribution < -0.4 is 5.32 Å². The van der Waals surface area contributed by atoms with Crippen molar-refractivity contribution in [2.75, 3.05) is 23.4 Å². The summed E-state index contributed by atoms with van der Waals surface area (Å²) in [6.45, 7) is 2.44. The van der Waals surface area contributed by atoms with Gasteiger partial charge in [-0.15, -0.1) is 0 Å². The highest BCUT2D eigenvalue weighted by atomic mass is 32.2. The molecule has 1 aliphatic heterocycles. The molecule has 122 valence electrons. The molecule has 1 atom stereocenters. The number of unbranched alkanes of at least 4 members (excludes halogenated alkanes) is 1. The van der Waals surface area contributed by atoms with E-state index in [1.165, 1.54) is 17.2 Å². The molecule has 0 aliphatic carbocycles. The molecule has 1 aromatic heterocycles. The van der Waals surface area contributed by atoms with Gasteiger partial charge in [0.05, 0.1) is 23.4 Å². The second-order valence-electron chi connectivity index (χ2n) is 5.39. The van der Waals surface area contributed by atoms with Crippen molar-refractivity contribution in [3.05, 3.63) is 24.3 Å². The number of aromatic nitrogens is 1. The first-order valence-corrected chi connectivity index (χ1v) is 9.12. The Labute approximate surface area is 129 Å². The van der Waals surface area contributed by atoms with Gasteiger partial charge < -0.3 is 10.2 Å². The Hall–Kier alpha value is -1.70. The van der Waals surface area contributed by atoms with Gasteiger partial charge in [-0.25, -0.2) is 17.6 Å². The molecule has 1 aromatic rings. The minimum atomic E-state index is -3.09. The molecule has 22 heavy (non-hydrogen) atoms. The zero-order valence-corrected chi connectivity index (χ0v) is 13.3. The number of hydrogen-bond acceptors (Lipinski definition) is 4. The van der Waals surface area contributed by atoms with Crippen LogP contribution in [0, 0.1) is 5.82 Å². The lowest BCUT2D eigenvalue weighted by molar-refractivity contribution is 0.192. The quantitative estimate of drug-likeness (QED) is 0.896. The van der Waals surface area contributed by atoms with Crippen molar-refractivity contribution < 1.29 is 17.6 Å². The summed E-state index contributed by atoms with van der Waals surface area (Å²) in [5.74, 6) is -0.550. The zero-order valence-electron chi connectivity index (χ0n) is 12.5. The number of hydrogen-bond donors (Lipinski definition) is 1. The summed E-state index contributed by atoms with van der Waals surface area (Å²) in [6.07, 6.45) is 4.48. The smallest absolute Gasteiger partial charge is 0.320 e. The topological polar surface area (TPSA) is 79.4 Å². The molecule has 2 heterocycles. The standard InChI is InChI=1S/C14H20FN3O3S/c1-2-3-7-18(11-5-8-22(20,21)10-11)14(19)17-13-4-6-16-9-12(13)15/h4,6,9,11H,2-3,5,7-8,10H2,1H3,(H,16,17,19)/t11-/m0/s1.